The third kappa shape index (κ3) is 8.55. The molecule has 0 radical (unpaired) electrons. The predicted octanol–water partition coefficient (Wildman–Crippen LogP) is 1.93. The molecule has 1 fully saturated rings. The van der Waals surface area contributed by atoms with Gasteiger partial charge in [0, 0.05) is 25.7 Å². The molecule has 122 valence electrons. The molecule has 0 spiro atoms. The fourth-order valence-electron chi connectivity index (χ4n) is 2.00. The SMILES string of the molecule is CCOC(=O)CCN(CCNC(=O)OC(C)(C)C)C1CC1. The Kier molecular flexibility index (Phi) is 6.95. The van der Waals surface area contributed by atoms with Crippen LogP contribution >= 0.6 is 0 Å². The number of alkyl carbamates (subject to hydrolysis) is 1. The number of rotatable bonds is 8. The summed E-state index contributed by atoms with van der Waals surface area (Å²) >= 11 is 0. The molecule has 1 amide bonds. The lowest BCUT2D eigenvalue weighted by Crippen LogP contribution is -2.39. The van der Waals surface area contributed by atoms with Gasteiger partial charge >= 0.3 is 12.1 Å². The molecule has 1 rings (SSSR count). The van der Waals surface area contributed by atoms with E-state index >= 15 is 0 Å². The molecule has 0 aromatic carbocycles. The Morgan fingerprint density at radius 3 is 2.43 bits per heavy atom. The average molecular weight is 300 g/mol. The summed E-state index contributed by atoms with van der Waals surface area (Å²) in [4.78, 5) is 25.2. The monoisotopic (exact) mass is 300 g/mol. The van der Waals surface area contributed by atoms with Crippen LogP contribution in [0, 0.1) is 0 Å². The summed E-state index contributed by atoms with van der Waals surface area (Å²) in [6.07, 6.45) is 2.32. The lowest BCUT2D eigenvalue weighted by Gasteiger charge is -2.23. The third-order valence-electron chi connectivity index (χ3n) is 3.04. The first-order valence-electron chi connectivity index (χ1n) is 7.68. The Labute approximate surface area is 127 Å². The first-order valence-corrected chi connectivity index (χ1v) is 7.68. The van der Waals surface area contributed by atoms with Crippen molar-refractivity contribution in [2.24, 2.45) is 0 Å². The van der Waals surface area contributed by atoms with Crippen LogP contribution in [0.3, 0.4) is 0 Å². The molecular weight excluding hydrogens is 272 g/mol. The van der Waals surface area contributed by atoms with Crippen molar-refractivity contribution in [3.63, 3.8) is 0 Å². The van der Waals surface area contributed by atoms with Crippen LogP contribution < -0.4 is 5.32 Å². The van der Waals surface area contributed by atoms with Crippen molar-refractivity contribution >= 4 is 12.1 Å². The van der Waals surface area contributed by atoms with Gasteiger partial charge in [-0.1, -0.05) is 0 Å². The molecule has 0 atom stereocenters. The van der Waals surface area contributed by atoms with E-state index in [-0.39, 0.29) is 5.97 Å². The topological polar surface area (TPSA) is 67.9 Å². The molecule has 1 N–H and O–H groups in total. The summed E-state index contributed by atoms with van der Waals surface area (Å²) < 4.78 is 10.1. The fourth-order valence-corrected chi connectivity index (χ4v) is 2.00. The van der Waals surface area contributed by atoms with Crippen LogP contribution in [0.2, 0.25) is 0 Å². The molecule has 6 nitrogen and oxygen atoms in total. The minimum absolute atomic E-state index is 0.164. The van der Waals surface area contributed by atoms with Gasteiger partial charge in [-0.3, -0.25) is 9.69 Å². The maximum absolute atomic E-state index is 11.6. The van der Waals surface area contributed by atoms with E-state index in [9.17, 15) is 9.59 Å². The maximum atomic E-state index is 11.6. The highest BCUT2D eigenvalue weighted by Crippen LogP contribution is 2.26. The second-order valence-electron chi connectivity index (χ2n) is 6.25. The largest absolute Gasteiger partial charge is 0.466 e. The smallest absolute Gasteiger partial charge is 0.407 e. The molecule has 0 unspecified atom stereocenters. The maximum Gasteiger partial charge on any atom is 0.407 e. The molecule has 0 saturated heterocycles. The van der Waals surface area contributed by atoms with Crippen LogP contribution in [0.1, 0.15) is 47.0 Å². The Morgan fingerprint density at radius 2 is 1.90 bits per heavy atom. The predicted molar refractivity (Wildman–Crippen MR) is 80.1 cm³/mol. The number of hydrogen-bond acceptors (Lipinski definition) is 5. The Morgan fingerprint density at radius 1 is 1.24 bits per heavy atom. The zero-order chi connectivity index (χ0) is 15.9. The molecule has 0 aromatic rings. The quantitative estimate of drug-likeness (QED) is 0.694. The van der Waals surface area contributed by atoms with Crippen molar-refractivity contribution in [2.45, 2.75) is 58.6 Å². The van der Waals surface area contributed by atoms with Gasteiger partial charge < -0.3 is 14.8 Å². The number of nitrogens with one attached hydrogen (secondary N) is 1. The normalized spacial score (nSPS) is 14.9. The minimum Gasteiger partial charge on any atom is -0.466 e. The van der Waals surface area contributed by atoms with Crippen LogP contribution in [-0.2, 0) is 14.3 Å². The molecule has 1 saturated carbocycles. The summed E-state index contributed by atoms with van der Waals surface area (Å²) in [5.41, 5.74) is -0.482. The molecule has 0 heterocycles. The van der Waals surface area contributed by atoms with Crippen molar-refractivity contribution in [1.82, 2.24) is 10.2 Å². The van der Waals surface area contributed by atoms with Crippen molar-refractivity contribution in [3.05, 3.63) is 0 Å². The summed E-state index contributed by atoms with van der Waals surface area (Å²) in [6, 6.07) is 0.542. The zero-order valence-electron chi connectivity index (χ0n) is 13.6. The van der Waals surface area contributed by atoms with E-state index in [2.05, 4.69) is 10.2 Å². The van der Waals surface area contributed by atoms with Crippen LogP contribution in [0.15, 0.2) is 0 Å². The number of hydrogen-bond donors (Lipinski definition) is 1. The Hall–Kier alpha value is -1.30. The van der Waals surface area contributed by atoms with Crippen molar-refractivity contribution < 1.29 is 19.1 Å². The number of amides is 1. The first kappa shape index (κ1) is 17.8. The van der Waals surface area contributed by atoms with E-state index in [1.165, 1.54) is 0 Å². The average Bonchev–Trinajstić information content (AvgIpc) is 3.15. The molecule has 0 aliphatic heterocycles. The van der Waals surface area contributed by atoms with Gasteiger partial charge in [-0.05, 0) is 40.5 Å². The number of carbonyl (C=O) groups excluding carboxylic acids is 2. The number of esters is 1. The number of nitrogens with zero attached hydrogens (tertiary/aromatic N) is 1. The van der Waals surface area contributed by atoms with E-state index in [0.29, 0.717) is 32.2 Å². The second-order valence-corrected chi connectivity index (χ2v) is 6.25. The van der Waals surface area contributed by atoms with E-state index in [0.717, 1.165) is 19.4 Å². The summed E-state index contributed by atoms with van der Waals surface area (Å²) in [7, 11) is 0. The molecule has 0 aromatic heterocycles. The third-order valence-corrected chi connectivity index (χ3v) is 3.04. The van der Waals surface area contributed by atoms with Crippen LogP contribution in [-0.4, -0.2) is 54.8 Å². The summed E-state index contributed by atoms with van der Waals surface area (Å²) in [5, 5.41) is 2.75. The van der Waals surface area contributed by atoms with Gasteiger partial charge in [0.05, 0.1) is 13.0 Å². The zero-order valence-corrected chi connectivity index (χ0v) is 13.6. The summed E-state index contributed by atoms with van der Waals surface area (Å²) in [5.74, 6) is -0.164. The van der Waals surface area contributed by atoms with Gasteiger partial charge in [0.15, 0.2) is 0 Å². The van der Waals surface area contributed by atoms with E-state index in [1.807, 2.05) is 20.8 Å². The first-order chi connectivity index (χ1) is 9.81. The standard InChI is InChI=1S/C15H28N2O4/c1-5-20-13(18)8-10-17(12-6-7-12)11-9-16-14(19)21-15(2,3)4/h12H,5-11H2,1-4H3,(H,16,19). The van der Waals surface area contributed by atoms with E-state index < -0.39 is 11.7 Å². The van der Waals surface area contributed by atoms with Crippen molar-refractivity contribution in [3.8, 4) is 0 Å². The highest BCUT2D eigenvalue weighted by atomic mass is 16.6. The number of carbonyl (C=O) groups is 2. The van der Waals surface area contributed by atoms with Gasteiger partial charge in [0.2, 0.25) is 0 Å². The lowest BCUT2D eigenvalue weighted by molar-refractivity contribution is -0.143. The molecule has 0 bridgehead atoms. The number of ether oxygens (including phenoxy) is 2. The fraction of sp³-hybridized carbons (Fsp3) is 0.867. The van der Waals surface area contributed by atoms with E-state index in [1.54, 1.807) is 6.92 Å². The van der Waals surface area contributed by atoms with Gasteiger partial charge in [-0.2, -0.15) is 0 Å². The Bertz CT molecular complexity index is 348. The molecule has 6 heteroatoms. The van der Waals surface area contributed by atoms with Crippen LogP contribution in [0.25, 0.3) is 0 Å². The highest BCUT2D eigenvalue weighted by molar-refractivity contribution is 5.69. The summed E-state index contributed by atoms with van der Waals surface area (Å²) in [6.45, 7) is 9.66. The lowest BCUT2D eigenvalue weighted by atomic mass is 10.2. The highest BCUT2D eigenvalue weighted by Gasteiger charge is 2.29. The van der Waals surface area contributed by atoms with Gasteiger partial charge in [0.1, 0.15) is 5.60 Å². The van der Waals surface area contributed by atoms with E-state index in [4.69, 9.17) is 9.47 Å². The Balaban J connectivity index is 2.22. The van der Waals surface area contributed by atoms with Gasteiger partial charge in [0.25, 0.3) is 0 Å². The second kappa shape index (κ2) is 8.22. The van der Waals surface area contributed by atoms with Crippen molar-refractivity contribution in [2.75, 3.05) is 26.2 Å². The molecule has 1 aliphatic carbocycles. The molecule has 1 aliphatic rings. The van der Waals surface area contributed by atoms with Crippen molar-refractivity contribution in [1.29, 1.82) is 0 Å². The minimum atomic E-state index is -0.482. The molecule has 21 heavy (non-hydrogen) atoms. The van der Waals surface area contributed by atoms with Crippen LogP contribution in [0.5, 0.6) is 0 Å². The van der Waals surface area contributed by atoms with Gasteiger partial charge in [-0.15, -0.1) is 0 Å². The molecular formula is C15H28N2O4. The van der Waals surface area contributed by atoms with Gasteiger partial charge in [-0.25, -0.2) is 4.79 Å². The van der Waals surface area contributed by atoms with Crippen LogP contribution in [0.4, 0.5) is 4.79 Å².